The summed E-state index contributed by atoms with van der Waals surface area (Å²) in [6.45, 7) is 1.47. The summed E-state index contributed by atoms with van der Waals surface area (Å²) < 4.78 is 42.9. The van der Waals surface area contributed by atoms with Crippen molar-refractivity contribution in [2.24, 2.45) is 0 Å². The topological polar surface area (TPSA) is 87.7 Å². The molecule has 1 saturated heterocycles. The van der Waals surface area contributed by atoms with Crippen molar-refractivity contribution in [3.05, 3.63) is 65.2 Å². The lowest BCUT2D eigenvalue weighted by Gasteiger charge is -2.22. The highest BCUT2D eigenvalue weighted by atomic mass is 19.4. The van der Waals surface area contributed by atoms with Gasteiger partial charge in [-0.25, -0.2) is 4.79 Å². The second-order valence-corrected chi connectivity index (χ2v) is 6.44. The molecule has 0 aromatic heterocycles. The molecule has 0 saturated carbocycles. The second-order valence-electron chi connectivity index (χ2n) is 6.44. The van der Waals surface area contributed by atoms with Gasteiger partial charge in [0.05, 0.1) is 12.7 Å². The van der Waals surface area contributed by atoms with Crippen molar-refractivity contribution in [1.82, 2.24) is 15.8 Å². The van der Waals surface area contributed by atoms with E-state index in [1.807, 2.05) is 0 Å². The molecule has 1 aliphatic rings. The van der Waals surface area contributed by atoms with Gasteiger partial charge in [-0.15, -0.1) is 0 Å². The number of imide groups is 1. The van der Waals surface area contributed by atoms with Crippen LogP contribution in [0.25, 0.3) is 0 Å². The third-order valence-electron chi connectivity index (χ3n) is 4.55. The molecule has 1 atom stereocenters. The largest absolute Gasteiger partial charge is 0.497 e. The molecule has 3 rings (SSSR count). The van der Waals surface area contributed by atoms with Gasteiger partial charge in [0.25, 0.3) is 11.8 Å². The zero-order chi connectivity index (χ0) is 21.4. The number of rotatable bonds is 4. The lowest BCUT2D eigenvalue weighted by Crippen LogP contribution is -2.47. The molecule has 29 heavy (non-hydrogen) atoms. The average molecular weight is 407 g/mol. The van der Waals surface area contributed by atoms with E-state index in [-0.39, 0.29) is 5.56 Å². The molecule has 0 unspecified atom stereocenters. The van der Waals surface area contributed by atoms with Gasteiger partial charge in [-0.2, -0.15) is 18.2 Å². The molecule has 1 aliphatic heterocycles. The minimum absolute atomic E-state index is 0.142. The highest BCUT2D eigenvalue weighted by Gasteiger charge is 2.50. The highest BCUT2D eigenvalue weighted by Crippen LogP contribution is 2.30. The number of alkyl halides is 3. The minimum Gasteiger partial charge on any atom is -0.497 e. The Labute approximate surface area is 163 Å². The molecule has 1 heterocycles. The van der Waals surface area contributed by atoms with Crippen LogP contribution < -0.4 is 15.5 Å². The van der Waals surface area contributed by atoms with Gasteiger partial charge in [-0.1, -0.05) is 12.1 Å². The number of hydrogen-bond acceptors (Lipinski definition) is 4. The number of carbonyl (C=O) groups excluding carboxylic acids is 3. The summed E-state index contributed by atoms with van der Waals surface area (Å²) >= 11 is 0. The Morgan fingerprint density at radius 3 is 2.17 bits per heavy atom. The SMILES string of the molecule is COc1ccc([C@@]2(C)NC(=O)N(NC(=O)c3ccc(C(F)(F)F)cc3)C2=O)cc1. The second kappa shape index (κ2) is 7.12. The number of ether oxygens (including phenoxy) is 1. The highest BCUT2D eigenvalue weighted by molar-refractivity contribution is 6.09. The first-order valence-corrected chi connectivity index (χ1v) is 8.36. The number of hydrogen-bond donors (Lipinski definition) is 2. The molecular formula is C19H16F3N3O4. The third-order valence-corrected chi connectivity index (χ3v) is 4.55. The van der Waals surface area contributed by atoms with Crippen molar-refractivity contribution in [2.75, 3.05) is 7.11 Å². The van der Waals surface area contributed by atoms with Gasteiger partial charge in [-0.3, -0.25) is 15.0 Å². The number of methoxy groups -OCH3 is 1. The molecule has 2 aromatic carbocycles. The minimum atomic E-state index is -4.54. The third kappa shape index (κ3) is 3.73. The number of amides is 4. The number of benzene rings is 2. The van der Waals surface area contributed by atoms with Crippen molar-refractivity contribution >= 4 is 17.8 Å². The van der Waals surface area contributed by atoms with Crippen LogP contribution in [0.3, 0.4) is 0 Å². The summed E-state index contributed by atoms with van der Waals surface area (Å²) in [6, 6.07) is 8.94. The molecular weight excluding hydrogens is 391 g/mol. The van der Waals surface area contributed by atoms with Gasteiger partial charge >= 0.3 is 12.2 Å². The van der Waals surface area contributed by atoms with E-state index in [0.717, 1.165) is 24.3 Å². The van der Waals surface area contributed by atoms with Crippen LogP contribution >= 0.6 is 0 Å². The van der Waals surface area contributed by atoms with E-state index >= 15 is 0 Å². The Morgan fingerprint density at radius 1 is 1.07 bits per heavy atom. The zero-order valence-electron chi connectivity index (χ0n) is 15.3. The van der Waals surface area contributed by atoms with Crippen molar-refractivity contribution < 1.29 is 32.3 Å². The van der Waals surface area contributed by atoms with E-state index in [1.54, 1.807) is 24.3 Å². The van der Waals surface area contributed by atoms with E-state index in [1.165, 1.54) is 14.0 Å². The number of urea groups is 1. The van der Waals surface area contributed by atoms with Crippen LogP contribution in [0, 0.1) is 0 Å². The standard InChI is InChI=1S/C19H16F3N3O4/c1-18(12-7-9-14(29-2)10-8-12)16(27)25(17(28)23-18)24-15(26)11-3-5-13(6-4-11)19(20,21)22/h3-10H,1-2H3,(H,23,28)(H,24,26)/t18-/m1/s1. The zero-order valence-corrected chi connectivity index (χ0v) is 15.3. The maximum absolute atomic E-state index is 12.8. The average Bonchev–Trinajstić information content (AvgIpc) is 2.91. The number of nitrogens with zero attached hydrogens (tertiary/aromatic N) is 1. The van der Waals surface area contributed by atoms with Crippen LogP contribution in [0.1, 0.15) is 28.4 Å². The van der Waals surface area contributed by atoms with Gasteiger partial charge in [0.1, 0.15) is 11.3 Å². The van der Waals surface area contributed by atoms with Gasteiger partial charge in [0.2, 0.25) is 0 Å². The number of halogens is 3. The Hall–Kier alpha value is -3.56. The van der Waals surface area contributed by atoms with Gasteiger partial charge in [0.15, 0.2) is 0 Å². The lowest BCUT2D eigenvalue weighted by atomic mass is 9.92. The Balaban J connectivity index is 1.78. The van der Waals surface area contributed by atoms with Gasteiger partial charge in [-0.05, 0) is 48.9 Å². The van der Waals surface area contributed by atoms with Crippen LogP contribution in [-0.2, 0) is 16.5 Å². The summed E-state index contributed by atoms with van der Waals surface area (Å²) in [5, 5.41) is 3.01. The fraction of sp³-hybridized carbons (Fsp3) is 0.211. The van der Waals surface area contributed by atoms with E-state index in [0.29, 0.717) is 16.3 Å². The van der Waals surface area contributed by atoms with E-state index in [2.05, 4.69) is 10.7 Å². The van der Waals surface area contributed by atoms with E-state index < -0.39 is 35.1 Å². The van der Waals surface area contributed by atoms with Crippen molar-refractivity contribution in [3.8, 4) is 5.75 Å². The summed E-state index contributed by atoms with van der Waals surface area (Å²) in [6.07, 6.45) is -4.54. The Morgan fingerprint density at radius 2 is 1.66 bits per heavy atom. The van der Waals surface area contributed by atoms with Crippen LogP contribution in [0.4, 0.5) is 18.0 Å². The fourth-order valence-corrected chi connectivity index (χ4v) is 2.84. The lowest BCUT2D eigenvalue weighted by molar-refractivity contribution is -0.137. The normalized spacial score (nSPS) is 19.1. The maximum atomic E-state index is 12.8. The molecule has 152 valence electrons. The molecule has 0 bridgehead atoms. The van der Waals surface area contributed by atoms with Crippen LogP contribution in [0.5, 0.6) is 5.75 Å². The molecule has 7 nitrogen and oxygen atoms in total. The number of nitrogens with one attached hydrogen (secondary N) is 2. The molecule has 1 fully saturated rings. The molecule has 0 aliphatic carbocycles. The molecule has 0 radical (unpaired) electrons. The quantitative estimate of drug-likeness (QED) is 0.763. The molecule has 4 amide bonds. The van der Waals surface area contributed by atoms with E-state index in [9.17, 15) is 27.6 Å². The molecule has 10 heteroatoms. The van der Waals surface area contributed by atoms with E-state index in [4.69, 9.17) is 4.74 Å². The fourth-order valence-electron chi connectivity index (χ4n) is 2.84. The van der Waals surface area contributed by atoms with Gasteiger partial charge < -0.3 is 10.1 Å². The first-order valence-electron chi connectivity index (χ1n) is 8.36. The summed E-state index contributed by atoms with van der Waals surface area (Å²) in [4.78, 5) is 37.3. The Bertz CT molecular complexity index is 958. The molecule has 2 N–H and O–H groups in total. The maximum Gasteiger partial charge on any atom is 0.416 e. The predicted molar refractivity (Wildman–Crippen MR) is 94.6 cm³/mol. The van der Waals surface area contributed by atoms with Gasteiger partial charge in [0, 0.05) is 5.56 Å². The van der Waals surface area contributed by atoms with Crippen molar-refractivity contribution in [1.29, 1.82) is 0 Å². The summed E-state index contributed by atoms with van der Waals surface area (Å²) in [5.74, 6) is -1.09. The molecule has 2 aromatic rings. The smallest absolute Gasteiger partial charge is 0.416 e. The monoisotopic (exact) mass is 407 g/mol. The number of carbonyl (C=O) groups is 3. The Kier molecular flexibility index (Phi) is 4.95. The first kappa shape index (κ1) is 20.2. The summed E-state index contributed by atoms with van der Waals surface area (Å²) in [5.41, 5.74) is 0.0923. The molecule has 0 spiro atoms. The van der Waals surface area contributed by atoms with Crippen LogP contribution in [-0.4, -0.2) is 30.0 Å². The summed E-state index contributed by atoms with van der Waals surface area (Å²) in [7, 11) is 1.48. The van der Waals surface area contributed by atoms with Crippen LogP contribution in [0.2, 0.25) is 0 Å². The number of hydrazine groups is 1. The van der Waals surface area contributed by atoms with Crippen molar-refractivity contribution in [3.63, 3.8) is 0 Å². The predicted octanol–water partition coefficient (Wildman–Crippen LogP) is 2.83. The first-order chi connectivity index (χ1) is 13.6. The van der Waals surface area contributed by atoms with Crippen molar-refractivity contribution in [2.45, 2.75) is 18.6 Å². The van der Waals surface area contributed by atoms with Crippen LogP contribution in [0.15, 0.2) is 48.5 Å².